The van der Waals surface area contributed by atoms with Crippen molar-refractivity contribution in [1.82, 2.24) is 9.97 Å². The molecule has 7 heteroatoms. The van der Waals surface area contributed by atoms with Gasteiger partial charge in [0.05, 0.1) is 0 Å². The van der Waals surface area contributed by atoms with Crippen LogP contribution in [0.25, 0.3) is 0 Å². The van der Waals surface area contributed by atoms with Gasteiger partial charge in [-0.15, -0.1) is 0 Å². The Balaban J connectivity index is 1.48. The average molecular weight is 383 g/mol. The zero-order valence-electron chi connectivity index (χ0n) is 15.0. The highest BCUT2D eigenvalue weighted by Crippen LogP contribution is 2.32. The third kappa shape index (κ3) is 4.06. The van der Waals surface area contributed by atoms with E-state index in [0.29, 0.717) is 17.5 Å². The summed E-state index contributed by atoms with van der Waals surface area (Å²) >= 11 is 6.02. The first-order valence-corrected chi connectivity index (χ1v) is 8.96. The molecular weight excluding hydrogens is 364 g/mol. The van der Waals surface area contributed by atoms with Crippen molar-refractivity contribution >= 4 is 29.1 Å². The highest BCUT2D eigenvalue weighted by atomic mass is 35.5. The van der Waals surface area contributed by atoms with Crippen molar-refractivity contribution in [3.05, 3.63) is 64.3 Å². The van der Waals surface area contributed by atoms with Gasteiger partial charge in [-0.25, -0.2) is 4.98 Å². The number of halogens is 1. The second-order valence-corrected chi connectivity index (χ2v) is 6.78. The van der Waals surface area contributed by atoms with Crippen LogP contribution >= 0.6 is 11.6 Å². The molecule has 0 unspecified atom stereocenters. The minimum atomic E-state index is 0.274. The summed E-state index contributed by atoms with van der Waals surface area (Å²) in [5, 5.41) is 7.29. The molecule has 0 atom stereocenters. The molecule has 1 aromatic heterocycles. The first-order valence-electron chi connectivity index (χ1n) is 8.58. The van der Waals surface area contributed by atoms with Crippen molar-refractivity contribution in [1.29, 1.82) is 0 Å². The maximum absolute atomic E-state index is 6.02. The number of nitrogens with zero attached hydrogens (tertiary/aromatic N) is 2. The summed E-state index contributed by atoms with van der Waals surface area (Å²) in [6, 6.07) is 13.5. The highest BCUT2D eigenvalue weighted by Gasteiger charge is 2.13. The fourth-order valence-electron chi connectivity index (χ4n) is 2.85. The zero-order chi connectivity index (χ0) is 18.8. The summed E-state index contributed by atoms with van der Waals surface area (Å²) < 4.78 is 10.8. The van der Waals surface area contributed by atoms with E-state index in [1.165, 1.54) is 0 Å². The molecule has 2 N–H and O–H groups in total. The Hall–Kier alpha value is -2.99. The SMILES string of the molecule is Cc1cc(NCc2ccc3c(c2)OCO3)nc(Nc2ccc(Cl)cc2C)n1. The van der Waals surface area contributed by atoms with E-state index in [9.17, 15) is 0 Å². The number of nitrogens with one attached hydrogen (secondary N) is 2. The molecule has 2 aromatic carbocycles. The number of benzene rings is 2. The van der Waals surface area contributed by atoms with Gasteiger partial charge in [0, 0.05) is 29.0 Å². The van der Waals surface area contributed by atoms with Crippen molar-refractivity contribution in [2.24, 2.45) is 0 Å². The zero-order valence-corrected chi connectivity index (χ0v) is 15.8. The molecule has 0 spiro atoms. The van der Waals surface area contributed by atoms with Gasteiger partial charge in [0.15, 0.2) is 11.5 Å². The van der Waals surface area contributed by atoms with E-state index >= 15 is 0 Å². The number of aromatic nitrogens is 2. The fourth-order valence-corrected chi connectivity index (χ4v) is 3.07. The fraction of sp³-hybridized carbons (Fsp3) is 0.200. The lowest BCUT2D eigenvalue weighted by Gasteiger charge is -2.12. The van der Waals surface area contributed by atoms with E-state index in [1.54, 1.807) is 0 Å². The molecule has 0 saturated carbocycles. The lowest BCUT2D eigenvalue weighted by molar-refractivity contribution is 0.174. The molecular formula is C20H19ClN4O2. The number of anilines is 3. The quantitative estimate of drug-likeness (QED) is 0.658. The van der Waals surface area contributed by atoms with Gasteiger partial charge in [-0.2, -0.15) is 4.98 Å². The van der Waals surface area contributed by atoms with Crippen LogP contribution in [0.4, 0.5) is 17.5 Å². The predicted octanol–water partition coefficient (Wildman–Crippen LogP) is 4.83. The second-order valence-electron chi connectivity index (χ2n) is 6.34. The minimum Gasteiger partial charge on any atom is -0.454 e. The van der Waals surface area contributed by atoms with Gasteiger partial charge in [0.2, 0.25) is 12.7 Å². The van der Waals surface area contributed by atoms with Crippen LogP contribution in [0.5, 0.6) is 11.5 Å². The standard InChI is InChI=1S/C20H19ClN4O2/c1-12-7-15(21)4-5-16(12)24-20-23-13(2)8-19(25-20)22-10-14-3-6-17-18(9-14)27-11-26-17/h3-9H,10-11H2,1-2H3,(H2,22,23,24,25). The smallest absolute Gasteiger partial charge is 0.231 e. The van der Waals surface area contributed by atoms with Crippen molar-refractivity contribution in [3.63, 3.8) is 0 Å². The molecule has 1 aliphatic rings. The van der Waals surface area contributed by atoms with Crippen LogP contribution in [-0.4, -0.2) is 16.8 Å². The van der Waals surface area contributed by atoms with E-state index in [-0.39, 0.29) is 6.79 Å². The normalized spacial score (nSPS) is 12.1. The van der Waals surface area contributed by atoms with Crippen LogP contribution in [0.2, 0.25) is 5.02 Å². The molecule has 0 amide bonds. The van der Waals surface area contributed by atoms with Gasteiger partial charge in [-0.1, -0.05) is 17.7 Å². The number of aryl methyl sites for hydroxylation is 2. The lowest BCUT2D eigenvalue weighted by Crippen LogP contribution is -2.06. The van der Waals surface area contributed by atoms with E-state index < -0.39 is 0 Å². The molecule has 6 nitrogen and oxygen atoms in total. The first-order chi connectivity index (χ1) is 13.1. The maximum Gasteiger partial charge on any atom is 0.231 e. The third-order valence-electron chi connectivity index (χ3n) is 4.20. The molecule has 0 bridgehead atoms. The summed E-state index contributed by atoms with van der Waals surface area (Å²) in [5.41, 5.74) is 3.90. The predicted molar refractivity (Wildman–Crippen MR) is 106 cm³/mol. The Morgan fingerprint density at radius 1 is 1.00 bits per heavy atom. The van der Waals surface area contributed by atoms with Crippen molar-refractivity contribution in [3.8, 4) is 11.5 Å². The molecule has 0 fully saturated rings. The number of hydrogen-bond donors (Lipinski definition) is 2. The average Bonchev–Trinajstić information content (AvgIpc) is 3.10. The van der Waals surface area contributed by atoms with Gasteiger partial charge in [0.25, 0.3) is 0 Å². The number of hydrogen-bond acceptors (Lipinski definition) is 6. The van der Waals surface area contributed by atoms with Gasteiger partial charge >= 0.3 is 0 Å². The Labute approximate surface area is 162 Å². The van der Waals surface area contributed by atoms with Gasteiger partial charge in [-0.3, -0.25) is 0 Å². The molecule has 0 saturated heterocycles. The number of rotatable bonds is 5. The topological polar surface area (TPSA) is 68.3 Å². The van der Waals surface area contributed by atoms with E-state index in [0.717, 1.165) is 39.8 Å². The summed E-state index contributed by atoms with van der Waals surface area (Å²) in [6.07, 6.45) is 0. The highest BCUT2D eigenvalue weighted by molar-refractivity contribution is 6.30. The largest absolute Gasteiger partial charge is 0.454 e. The van der Waals surface area contributed by atoms with Crippen LogP contribution in [0.1, 0.15) is 16.8 Å². The summed E-state index contributed by atoms with van der Waals surface area (Å²) in [6.45, 7) is 4.82. The van der Waals surface area contributed by atoms with Crippen LogP contribution in [-0.2, 0) is 6.54 Å². The van der Waals surface area contributed by atoms with Crippen molar-refractivity contribution < 1.29 is 9.47 Å². The minimum absolute atomic E-state index is 0.274. The van der Waals surface area contributed by atoms with Crippen molar-refractivity contribution in [2.75, 3.05) is 17.4 Å². The molecule has 3 aromatic rings. The number of ether oxygens (including phenoxy) is 2. The monoisotopic (exact) mass is 382 g/mol. The molecule has 0 aliphatic carbocycles. The van der Waals surface area contributed by atoms with E-state index in [2.05, 4.69) is 20.6 Å². The van der Waals surface area contributed by atoms with Crippen LogP contribution in [0.3, 0.4) is 0 Å². The Morgan fingerprint density at radius 3 is 2.70 bits per heavy atom. The number of fused-ring (bicyclic) bond motifs is 1. The van der Waals surface area contributed by atoms with Gasteiger partial charge in [-0.05, 0) is 55.3 Å². The third-order valence-corrected chi connectivity index (χ3v) is 4.43. The van der Waals surface area contributed by atoms with Crippen LogP contribution < -0.4 is 20.1 Å². The van der Waals surface area contributed by atoms with Gasteiger partial charge in [0.1, 0.15) is 5.82 Å². The Bertz CT molecular complexity index is 994. The second kappa shape index (κ2) is 7.32. The Morgan fingerprint density at radius 2 is 1.85 bits per heavy atom. The summed E-state index contributed by atoms with van der Waals surface area (Å²) in [7, 11) is 0. The van der Waals surface area contributed by atoms with E-state index in [4.69, 9.17) is 21.1 Å². The Kier molecular flexibility index (Phi) is 4.73. The first kappa shape index (κ1) is 17.4. The molecule has 4 rings (SSSR count). The lowest BCUT2D eigenvalue weighted by atomic mass is 10.2. The summed E-state index contributed by atoms with van der Waals surface area (Å²) in [5.74, 6) is 2.83. The molecule has 1 aliphatic heterocycles. The van der Waals surface area contributed by atoms with Crippen LogP contribution in [0, 0.1) is 13.8 Å². The molecule has 138 valence electrons. The molecule has 2 heterocycles. The maximum atomic E-state index is 6.02. The van der Waals surface area contributed by atoms with Crippen molar-refractivity contribution in [2.45, 2.75) is 20.4 Å². The molecule has 0 radical (unpaired) electrons. The van der Waals surface area contributed by atoms with Crippen LogP contribution in [0.15, 0.2) is 42.5 Å². The molecule has 27 heavy (non-hydrogen) atoms. The van der Waals surface area contributed by atoms with Gasteiger partial charge < -0.3 is 20.1 Å². The summed E-state index contributed by atoms with van der Waals surface area (Å²) in [4.78, 5) is 9.02. The van der Waals surface area contributed by atoms with E-state index in [1.807, 2.05) is 56.3 Å².